The van der Waals surface area contributed by atoms with E-state index in [0.717, 1.165) is 0 Å². The Kier molecular flexibility index (Phi) is 55.9. The van der Waals surface area contributed by atoms with Crippen LogP contribution in [0.15, 0.2) is 0 Å². The Labute approximate surface area is 174 Å². The van der Waals surface area contributed by atoms with E-state index >= 15 is 0 Å². The summed E-state index contributed by atoms with van der Waals surface area (Å²) < 4.78 is 24.4. The van der Waals surface area contributed by atoms with Crippen LogP contribution in [0.1, 0.15) is 0 Å². The van der Waals surface area contributed by atoms with Crippen LogP contribution in [0.25, 0.3) is 0 Å². The molecule has 0 saturated heterocycles. The molecule has 0 aliphatic rings. The summed E-state index contributed by atoms with van der Waals surface area (Å²) in [5.41, 5.74) is 0. The Hall–Kier alpha value is 5.05. The van der Waals surface area contributed by atoms with Crippen molar-refractivity contribution >= 4 is 154 Å². The van der Waals surface area contributed by atoms with Crippen molar-refractivity contribution in [3.8, 4) is 0 Å². The van der Waals surface area contributed by atoms with Crippen molar-refractivity contribution in [3.63, 3.8) is 0 Å². The molecule has 0 heterocycles. The van der Waals surface area contributed by atoms with Crippen molar-refractivity contribution in [2.45, 2.75) is 0 Å². The van der Waals surface area contributed by atoms with Crippen molar-refractivity contribution in [2.75, 3.05) is 0 Å². The van der Waals surface area contributed by atoms with Gasteiger partial charge in [-0.1, -0.05) is 0 Å². The van der Waals surface area contributed by atoms with Crippen LogP contribution < -0.4 is 0 Å². The molecule has 7 heavy (non-hydrogen) atoms. The van der Waals surface area contributed by atoms with E-state index in [0.29, 0.717) is 0 Å². The Morgan fingerprint density at radius 2 is 1.00 bits per heavy atom. The summed E-state index contributed by atoms with van der Waals surface area (Å²) in [4.78, 5) is 0. The zero-order valence-corrected chi connectivity index (χ0v) is 3.11. The molecule has 0 amide bonds. The molecule has 0 rings (SSSR count). The van der Waals surface area contributed by atoms with Crippen LogP contribution in [0.4, 0.5) is 0 Å². The number of rotatable bonds is 0. The van der Waals surface area contributed by atoms with Crippen LogP contribution in [0.2, 0.25) is 0 Å². The van der Waals surface area contributed by atoms with Gasteiger partial charge in [0.05, 0.1) is 0 Å². The molecule has 0 radical (unpaired) electrons. The standard InChI is InChI=1S/3K.H2O.2O.V.3H/h;;;1H2;;;;;;/q;;;;;;+1;;;/p-1. The Morgan fingerprint density at radius 1 is 1.00 bits per heavy atom. The first-order valence-corrected chi connectivity index (χ1v) is 2.33. The van der Waals surface area contributed by atoms with Crippen LogP contribution in [0, 0.1) is 0 Å². The van der Waals surface area contributed by atoms with Gasteiger partial charge in [0.1, 0.15) is 0 Å². The summed E-state index contributed by atoms with van der Waals surface area (Å²) in [5, 5.41) is 0. The second-order valence-electron chi connectivity index (χ2n) is 0.238. The Bertz CT molecular complexity index is 58.6. The molecule has 1 N–H and O–H groups in total. The van der Waals surface area contributed by atoms with Gasteiger partial charge in [-0.2, -0.15) is 0 Å². The van der Waals surface area contributed by atoms with Crippen molar-refractivity contribution in [2.24, 2.45) is 0 Å². The summed E-state index contributed by atoms with van der Waals surface area (Å²) in [5.74, 6) is 0. The van der Waals surface area contributed by atoms with E-state index in [9.17, 15) is 0 Å². The molecule has 0 bridgehead atoms. The molecule has 3 nitrogen and oxygen atoms in total. The second-order valence-corrected chi connectivity index (χ2v) is 0.981. The Morgan fingerprint density at radius 3 is 1.00 bits per heavy atom. The molecule has 0 aliphatic heterocycles. The first-order valence-electron chi connectivity index (χ1n) is 0.565. The molecule has 0 atom stereocenters. The Balaban J connectivity index is -0.0000000150. The van der Waals surface area contributed by atoms with Gasteiger partial charge < -0.3 is 0 Å². The topological polar surface area (TPSA) is 54.4 Å². The van der Waals surface area contributed by atoms with E-state index in [1.54, 1.807) is 0 Å². The summed E-state index contributed by atoms with van der Waals surface area (Å²) in [7, 11) is 0. The van der Waals surface area contributed by atoms with Crippen molar-refractivity contribution < 1.29 is 26.8 Å². The number of hydrogen-bond acceptors (Lipinski definition) is 2. The van der Waals surface area contributed by atoms with Gasteiger partial charge in [-0.05, 0) is 0 Å². The predicted molar refractivity (Wildman–Crippen MR) is 25.0 cm³/mol. The van der Waals surface area contributed by atoms with E-state index < -0.39 is 15.4 Å². The molecule has 0 aromatic heterocycles. The molecule has 7 heteroatoms. The third-order valence-corrected chi connectivity index (χ3v) is 0. The van der Waals surface area contributed by atoms with Crippen molar-refractivity contribution in [1.82, 2.24) is 0 Å². The minimum absolute atomic E-state index is 0. The normalized spacial score (nSPS) is 3.57. The van der Waals surface area contributed by atoms with Crippen LogP contribution in [0.3, 0.4) is 0 Å². The maximum atomic E-state index is 8.67. The molecular weight excluding hydrogens is 216 g/mol. The fraction of sp³-hybridized carbons (Fsp3) is 0. The zero-order chi connectivity index (χ0) is 3.58. The van der Waals surface area contributed by atoms with Gasteiger partial charge in [-0.15, -0.1) is 0 Å². The van der Waals surface area contributed by atoms with Crippen molar-refractivity contribution in [1.29, 1.82) is 0 Å². The van der Waals surface area contributed by atoms with E-state index in [4.69, 9.17) is 11.4 Å². The van der Waals surface area contributed by atoms with Crippen molar-refractivity contribution in [3.05, 3.63) is 0 Å². The van der Waals surface area contributed by atoms with Crippen LogP contribution in [-0.2, 0) is 22.7 Å². The van der Waals surface area contributed by atoms with Crippen LogP contribution in [-0.4, -0.2) is 158 Å². The monoisotopic (exact) mass is 220 g/mol. The molecule has 0 fully saturated rings. The van der Waals surface area contributed by atoms with E-state index in [-0.39, 0.29) is 154 Å². The summed E-state index contributed by atoms with van der Waals surface area (Å²) >= 11 is -3.69. The third kappa shape index (κ3) is 35.5. The van der Waals surface area contributed by atoms with E-state index in [2.05, 4.69) is 0 Å². The van der Waals surface area contributed by atoms with Gasteiger partial charge in [0.25, 0.3) is 0 Å². The van der Waals surface area contributed by atoms with Gasteiger partial charge >= 0.3 is 181 Å². The fourth-order valence-electron chi connectivity index (χ4n) is 0. The first-order chi connectivity index (χ1) is 1.73. The molecular formula is H4K3O3V. The molecule has 0 saturated carbocycles. The average molecular weight is 220 g/mol. The SMILES string of the molecule is [KH].[KH].[KH].[O]=[V](=[O])[OH]. The summed E-state index contributed by atoms with van der Waals surface area (Å²) in [6.45, 7) is 0. The van der Waals surface area contributed by atoms with Gasteiger partial charge in [-0.3, -0.25) is 0 Å². The third-order valence-electron chi connectivity index (χ3n) is 0. The molecule has 0 aromatic rings. The molecule has 0 spiro atoms. The van der Waals surface area contributed by atoms with E-state index in [1.807, 2.05) is 0 Å². The predicted octanol–water partition coefficient (Wildman–Crippen LogP) is -2.74. The molecule has 0 aliphatic carbocycles. The van der Waals surface area contributed by atoms with Crippen LogP contribution >= 0.6 is 0 Å². The van der Waals surface area contributed by atoms with Gasteiger partial charge in [0.2, 0.25) is 0 Å². The zero-order valence-electron chi connectivity index (χ0n) is 1.71. The summed E-state index contributed by atoms with van der Waals surface area (Å²) in [6.07, 6.45) is 0. The minimum atomic E-state index is -3.69. The number of hydrogen-bond donors (Lipinski definition) is 1. The molecule has 0 unspecified atom stereocenters. The van der Waals surface area contributed by atoms with Gasteiger partial charge in [-0.25, -0.2) is 0 Å². The quantitative estimate of drug-likeness (QED) is 0.451. The maximum absolute atomic E-state index is 8.67. The average Bonchev–Trinajstić information content (AvgIpc) is 0.811. The van der Waals surface area contributed by atoms with Crippen LogP contribution in [0.5, 0.6) is 0 Å². The van der Waals surface area contributed by atoms with E-state index in [1.165, 1.54) is 0 Å². The fourth-order valence-corrected chi connectivity index (χ4v) is 0. The molecule has 30 valence electrons. The van der Waals surface area contributed by atoms with Gasteiger partial charge in [0.15, 0.2) is 0 Å². The summed E-state index contributed by atoms with van der Waals surface area (Å²) in [6, 6.07) is 0. The van der Waals surface area contributed by atoms with Gasteiger partial charge in [0, 0.05) is 0 Å². The first kappa shape index (κ1) is 22.7. The molecule has 0 aromatic carbocycles. The second kappa shape index (κ2) is 17.2.